The number of benzene rings is 1. The van der Waals surface area contributed by atoms with Gasteiger partial charge in [0.05, 0.1) is 24.5 Å². The minimum atomic E-state index is -4.46. The number of fused-ring (bicyclic) bond motifs is 1. The molecule has 1 N–H and O–H groups in total. The molecule has 0 spiro atoms. The number of nitrogens with zero attached hydrogens (tertiary/aromatic N) is 2. The molecule has 1 fully saturated rings. The van der Waals surface area contributed by atoms with Gasteiger partial charge in [0, 0.05) is 31.5 Å². The van der Waals surface area contributed by atoms with E-state index in [0.29, 0.717) is 30.2 Å². The Hall–Kier alpha value is -2.45. The topological polar surface area (TPSA) is 54.5 Å². The SMILES string of the molecule is O=C1Nc2ccc(C(F)(F)F)cc2C1c1ccc(CN2CCOCC2)cn1. The Labute approximate surface area is 154 Å². The molecule has 1 amide bonds. The zero-order chi connectivity index (χ0) is 19.0. The van der Waals surface area contributed by atoms with Crippen LogP contribution < -0.4 is 5.32 Å². The Morgan fingerprint density at radius 1 is 1.19 bits per heavy atom. The van der Waals surface area contributed by atoms with E-state index >= 15 is 0 Å². The normalized spacial score (nSPS) is 20.4. The predicted octanol–water partition coefficient (Wildman–Crippen LogP) is 3.02. The Balaban J connectivity index is 1.58. The Bertz CT molecular complexity index is 846. The Morgan fingerprint density at radius 2 is 1.96 bits per heavy atom. The maximum atomic E-state index is 13.0. The molecule has 5 nitrogen and oxygen atoms in total. The summed E-state index contributed by atoms with van der Waals surface area (Å²) < 4.78 is 44.4. The van der Waals surface area contributed by atoms with Crippen LogP contribution in [0.4, 0.5) is 18.9 Å². The molecule has 2 aliphatic rings. The number of morpholine rings is 1. The number of hydrogen-bond donors (Lipinski definition) is 1. The molecule has 1 aromatic heterocycles. The van der Waals surface area contributed by atoms with Crippen LogP contribution >= 0.6 is 0 Å². The summed E-state index contributed by atoms with van der Waals surface area (Å²) in [5.74, 6) is -1.20. The first-order chi connectivity index (χ1) is 12.9. The highest BCUT2D eigenvalue weighted by molar-refractivity contribution is 6.04. The van der Waals surface area contributed by atoms with Crippen molar-refractivity contribution >= 4 is 11.6 Å². The van der Waals surface area contributed by atoms with Crippen LogP contribution in [-0.4, -0.2) is 42.1 Å². The van der Waals surface area contributed by atoms with Crippen LogP contribution in [0, 0.1) is 0 Å². The van der Waals surface area contributed by atoms with Gasteiger partial charge in [-0.2, -0.15) is 13.2 Å². The van der Waals surface area contributed by atoms with Crippen LogP contribution in [-0.2, 0) is 22.3 Å². The lowest BCUT2D eigenvalue weighted by Crippen LogP contribution is -2.35. The summed E-state index contributed by atoms with van der Waals surface area (Å²) in [6, 6.07) is 6.89. The zero-order valence-corrected chi connectivity index (χ0v) is 14.4. The highest BCUT2D eigenvalue weighted by Crippen LogP contribution is 2.40. The number of amides is 1. The van der Waals surface area contributed by atoms with Crippen molar-refractivity contribution < 1.29 is 22.7 Å². The van der Waals surface area contributed by atoms with E-state index in [-0.39, 0.29) is 5.91 Å². The van der Waals surface area contributed by atoms with Crippen LogP contribution in [0.1, 0.15) is 28.3 Å². The van der Waals surface area contributed by atoms with Gasteiger partial charge in [-0.25, -0.2) is 0 Å². The van der Waals surface area contributed by atoms with Crippen LogP contribution in [0.3, 0.4) is 0 Å². The molecule has 1 aromatic carbocycles. The van der Waals surface area contributed by atoms with Crippen LogP contribution in [0.2, 0.25) is 0 Å². The third-order valence-corrected chi connectivity index (χ3v) is 4.86. The molecular formula is C19H18F3N3O2. The van der Waals surface area contributed by atoms with Gasteiger partial charge >= 0.3 is 6.18 Å². The second-order valence-corrected chi connectivity index (χ2v) is 6.70. The van der Waals surface area contributed by atoms with E-state index in [1.54, 1.807) is 12.3 Å². The lowest BCUT2D eigenvalue weighted by molar-refractivity contribution is -0.137. The molecule has 27 heavy (non-hydrogen) atoms. The Kier molecular flexibility index (Phi) is 4.61. The molecule has 4 rings (SSSR count). The maximum Gasteiger partial charge on any atom is 0.416 e. The fraction of sp³-hybridized carbons (Fsp3) is 0.368. The molecule has 3 heterocycles. The number of rotatable bonds is 3. The van der Waals surface area contributed by atoms with Crippen molar-refractivity contribution in [1.82, 2.24) is 9.88 Å². The van der Waals surface area contributed by atoms with E-state index in [1.807, 2.05) is 6.07 Å². The third kappa shape index (κ3) is 3.68. The van der Waals surface area contributed by atoms with Crippen molar-refractivity contribution in [1.29, 1.82) is 0 Å². The fourth-order valence-electron chi connectivity index (χ4n) is 3.45. The second-order valence-electron chi connectivity index (χ2n) is 6.70. The average molecular weight is 377 g/mol. The van der Waals surface area contributed by atoms with Gasteiger partial charge in [-0.15, -0.1) is 0 Å². The third-order valence-electron chi connectivity index (χ3n) is 4.86. The van der Waals surface area contributed by atoms with Crippen molar-refractivity contribution in [3.63, 3.8) is 0 Å². The largest absolute Gasteiger partial charge is 0.416 e. The molecule has 2 aliphatic heterocycles. The van der Waals surface area contributed by atoms with Gasteiger partial charge in [0.25, 0.3) is 0 Å². The van der Waals surface area contributed by atoms with Gasteiger partial charge in [-0.3, -0.25) is 14.7 Å². The lowest BCUT2D eigenvalue weighted by Gasteiger charge is -2.26. The fourth-order valence-corrected chi connectivity index (χ4v) is 3.45. The molecule has 8 heteroatoms. The summed E-state index contributed by atoms with van der Waals surface area (Å²) in [6.45, 7) is 3.82. The first-order valence-electron chi connectivity index (χ1n) is 8.69. The number of pyridine rings is 1. The summed E-state index contributed by atoms with van der Waals surface area (Å²) in [5, 5.41) is 2.64. The molecule has 142 valence electrons. The first-order valence-corrected chi connectivity index (χ1v) is 8.69. The highest BCUT2D eigenvalue weighted by atomic mass is 19.4. The van der Waals surface area contributed by atoms with Gasteiger partial charge in [0.15, 0.2) is 0 Å². The number of nitrogens with one attached hydrogen (secondary N) is 1. The number of carbonyl (C=O) groups excluding carboxylic acids is 1. The van der Waals surface area contributed by atoms with Gasteiger partial charge in [0.2, 0.25) is 5.91 Å². The van der Waals surface area contributed by atoms with Crippen molar-refractivity contribution in [3.05, 3.63) is 58.9 Å². The van der Waals surface area contributed by atoms with E-state index in [0.717, 1.165) is 37.3 Å². The molecule has 0 bridgehead atoms. The van der Waals surface area contributed by atoms with E-state index in [4.69, 9.17) is 4.74 Å². The monoisotopic (exact) mass is 377 g/mol. The minimum Gasteiger partial charge on any atom is -0.379 e. The first kappa shape index (κ1) is 17.9. The number of aromatic nitrogens is 1. The number of ether oxygens (including phenoxy) is 1. The van der Waals surface area contributed by atoms with Crippen molar-refractivity contribution in [3.8, 4) is 0 Å². The van der Waals surface area contributed by atoms with Crippen molar-refractivity contribution in [2.45, 2.75) is 18.6 Å². The number of alkyl halides is 3. The van der Waals surface area contributed by atoms with Gasteiger partial charge in [0.1, 0.15) is 5.92 Å². The van der Waals surface area contributed by atoms with Crippen LogP contribution in [0.25, 0.3) is 0 Å². The average Bonchev–Trinajstić information content (AvgIpc) is 2.97. The van der Waals surface area contributed by atoms with Gasteiger partial charge < -0.3 is 10.1 Å². The molecule has 0 saturated carbocycles. The molecule has 0 radical (unpaired) electrons. The predicted molar refractivity (Wildman–Crippen MR) is 92.2 cm³/mol. The number of anilines is 1. The summed E-state index contributed by atoms with van der Waals surface area (Å²) in [5.41, 5.74) is 1.37. The van der Waals surface area contributed by atoms with Gasteiger partial charge in [-0.1, -0.05) is 6.07 Å². The lowest BCUT2D eigenvalue weighted by atomic mass is 9.94. The van der Waals surface area contributed by atoms with E-state index in [9.17, 15) is 18.0 Å². The van der Waals surface area contributed by atoms with Gasteiger partial charge in [-0.05, 0) is 35.4 Å². The maximum absolute atomic E-state index is 13.0. The quantitative estimate of drug-likeness (QED) is 0.894. The number of halogens is 3. The second kappa shape index (κ2) is 6.94. The van der Waals surface area contributed by atoms with Crippen molar-refractivity contribution in [2.24, 2.45) is 0 Å². The standard InChI is InChI=1S/C19H18F3N3O2/c20-19(21,22)13-2-4-15-14(9-13)17(18(26)24-15)16-3-1-12(10-23-16)11-25-5-7-27-8-6-25/h1-4,9-10,17H,5-8,11H2,(H,24,26). The highest BCUT2D eigenvalue weighted by Gasteiger charge is 2.37. The number of hydrogen-bond acceptors (Lipinski definition) is 4. The number of carbonyl (C=O) groups is 1. The minimum absolute atomic E-state index is 0.309. The van der Waals surface area contributed by atoms with E-state index in [1.165, 1.54) is 6.07 Å². The summed E-state index contributed by atoms with van der Waals surface area (Å²) in [7, 11) is 0. The molecule has 0 aliphatic carbocycles. The molecule has 2 aromatic rings. The molecule has 1 saturated heterocycles. The molecular weight excluding hydrogens is 359 g/mol. The summed E-state index contributed by atoms with van der Waals surface area (Å²) >= 11 is 0. The van der Waals surface area contributed by atoms with Crippen LogP contribution in [0.5, 0.6) is 0 Å². The Morgan fingerprint density at radius 3 is 2.63 bits per heavy atom. The van der Waals surface area contributed by atoms with Crippen molar-refractivity contribution in [2.75, 3.05) is 31.6 Å². The zero-order valence-electron chi connectivity index (χ0n) is 14.4. The molecule has 1 atom stereocenters. The van der Waals surface area contributed by atoms with Crippen LogP contribution in [0.15, 0.2) is 36.5 Å². The molecule has 1 unspecified atom stereocenters. The summed E-state index contributed by atoms with van der Waals surface area (Å²) in [4.78, 5) is 19.0. The van der Waals surface area contributed by atoms with E-state index < -0.39 is 17.7 Å². The van der Waals surface area contributed by atoms with E-state index in [2.05, 4.69) is 15.2 Å². The summed E-state index contributed by atoms with van der Waals surface area (Å²) in [6.07, 6.45) is -2.77. The smallest absolute Gasteiger partial charge is 0.379 e.